The summed E-state index contributed by atoms with van der Waals surface area (Å²) < 4.78 is 13.3. The van der Waals surface area contributed by atoms with Crippen molar-refractivity contribution in [1.82, 2.24) is 14.7 Å². The smallest absolute Gasteiger partial charge is 0.313 e. The summed E-state index contributed by atoms with van der Waals surface area (Å²) in [5.41, 5.74) is -1.39. The first-order chi connectivity index (χ1) is 24.8. The molecule has 3 aliphatic heterocycles. The number of carbonyl (C=O) groups is 4. The summed E-state index contributed by atoms with van der Waals surface area (Å²) in [5.74, 6) is -3.62. The van der Waals surface area contributed by atoms with Crippen molar-refractivity contribution in [3.8, 4) is 0 Å². The molecule has 1 N–H and O–H groups in total. The Morgan fingerprint density at radius 3 is 2.32 bits per heavy atom. The Hall–Kier alpha value is -3.02. The van der Waals surface area contributed by atoms with Crippen LogP contribution >= 0.6 is 15.9 Å². The van der Waals surface area contributed by atoms with Crippen LogP contribution in [-0.4, -0.2) is 104 Å². The quantitative estimate of drug-likeness (QED) is 0.109. The second kappa shape index (κ2) is 16.8. The van der Waals surface area contributed by atoms with Gasteiger partial charge in [0.2, 0.25) is 17.7 Å². The van der Waals surface area contributed by atoms with E-state index in [0.717, 1.165) is 0 Å². The molecule has 10 atom stereocenters. The molecule has 4 rings (SSSR count). The fourth-order valence-electron chi connectivity index (χ4n) is 9.22. The van der Waals surface area contributed by atoms with Crippen molar-refractivity contribution < 1.29 is 33.8 Å². The zero-order valence-corrected chi connectivity index (χ0v) is 34.8. The average Bonchev–Trinajstić information content (AvgIpc) is 3.70. The number of amides is 3. The predicted molar refractivity (Wildman–Crippen MR) is 210 cm³/mol. The van der Waals surface area contributed by atoms with Crippen LogP contribution in [0.25, 0.3) is 0 Å². The Bertz CT molecular complexity index is 1510. The molecule has 3 aliphatic rings. The second-order valence-electron chi connectivity index (χ2n) is 17.2. The van der Waals surface area contributed by atoms with Gasteiger partial charge in [-0.2, -0.15) is 0 Å². The largest absolute Gasteiger partial charge is 0.455 e. The normalized spacial score (nSPS) is 27.4. The fraction of sp³-hybridized carbons (Fsp3) is 0.667. The minimum atomic E-state index is -1.35. The molecule has 2 bridgehead atoms. The Kier molecular flexibility index (Phi) is 13.5. The van der Waals surface area contributed by atoms with Gasteiger partial charge in [0.15, 0.2) is 0 Å². The first-order valence-corrected chi connectivity index (χ1v) is 20.0. The Labute approximate surface area is 325 Å². The highest BCUT2D eigenvalue weighted by atomic mass is 79.9. The number of likely N-dealkylation sites (tertiary alicyclic amines) is 1. The number of halogens is 1. The summed E-state index contributed by atoms with van der Waals surface area (Å²) in [6.45, 7) is 23.8. The number of benzene rings is 1. The molecule has 3 amide bonds. The highest BCUT2D eigenvalue weighted by molar-refractivity contribution is 9.09. The maximum atomic E-state index is 15.3. The van der Waals surface area contributed by atoms with E-state index in [9.17, 15) is 14.7 Å². The molecule has 0 aliphatic carbocycles. The molecule has 1 aromatic carbocycles. The number of esters is 1. The van der Waals surface area contributed by atoms with Crippen molar-refractivity contribution in [2.75, 3.05) is 20.2 Å². The zero-order chi connectivity index (χ0) is 39.6. The van der Waals surface area contributed by atoms with Crippen LogP contribution in [0.1, 0.15) is 99.2 Å². The molecule has 294 valence electrons. The van der Waals surface area contributed by atoms with Gasteiger partial charge in [-0.15, -0.1) is 13.2 Å². The molecule has 1 aromatic rings. The van der Waals surface area contributed by atoms with Gasteiger partial charge in [-0.05, 0) is 56.9 Å². The zero-order valence-electron chi connectivity index (χ0n) is 33.2. The monoisotopic (exact) mass is 799 g/mol. The van der Waals surface area contributed by atoms with Crippen LogP contribution in [0.3, 0.4) is 0 Å². The third-order valence-corrected chi connectivity index (χ3v) is 12.6. The summed E-state index contributed by atoms with van der Waals surface area (Å²) in [5, 5.41) is 10.9. The van der Waals surface area contributed by atoms with Gasteiger partial charge in [-0.1, -0.05) is 99.5 Å². The van der Waals surface area contributed by atoms with Crippen molar-refractivity contribution in [2.24, 2.45) is 23.2 Å². The van der Waals surface area contributed by atoms with Gasteiger partial charge < -0.3 is 29.3 Å². The van der Waals surface area contributed by atoms with Crippen LogP contribution in [0.5, 0.6) is 0 Å². The lowest BCUT2D eigenvalue weighted by Crippen LogP contribution is -2.63. The van der Waals surface area contributed by atoms with E-state index in [4.69, 9.17) is 9.47 Å². The van der Waals surface area contributed by atoms with Gasteiger partial charge in [-0.3, -0.25) is 19.2 Å². The lowest BCUT2D eigenvalue weighted by atomic mass is 9.70. The molecule has 1 unspecified atom stereocenters. The minimum absolute atomic E-state index is 0.112. The van der Waals surface area contributed by atoms with E-state index in [2.05, 4.69) is 49.9 Å². The third-order valence-electron chi connectivity index (χ3n) is 11.7. The van der Waals surface area contributed by atoms with E-state index in [1.807, 2.05) is 65.0 Å². The van der Waals surface area contributed by atoms with Crippen LogP contribution in [0, 0.1) is 23.2 Å². The molecule has 1 spiro atoms. The van der Waals surface area contributed by atoms with Crippen molar-refractivity contribution in [3.05, 3.63) is 61.2 Å². The Balaban J connectivity index is 1.81. The van der Waals surface area contributed by atoms with Crippen molar-refractivity contribution in [3.63, 3.8) is 0 Å². The van der Waals surface area contributed by atoms with Gasteiger partial charge in [-0.25, -0.2) is 0 Å². The van der Waals surface area contributed by atoms with Gasteiger partial charge in [0.1, 0.15) is 17.7 Å². The summed E-state index contributed by atoms with van der Waals surface area (Å²) >= 11 is 3.79. The van der Waals surface area contributed by atoms with E-state index in [1.165, 1.54) is 0 Å². The number of hydrogen-bond donors (Lipinski definition) is 1. The molecular weight excluding hydrogens is 738 g/mol. The Morgan fingerprint density at radius 1 is 1.13 bits per heavy atom. The molecule has 3 fully saturated rings. The number of fused-ring (bicyclic) bond motifs is 1. The van der Waals surface area contributed by atoms with Gasteiger partial charge in [0, 0.05) is 30.4 Å². The average molecular weight is 801 g/mol. The molecular formula is C42H62BrN3O7. The predicted octanol–water partition coefficient (Wildman–Crippen LogP) is 6.47. The molecule has 3 saturated heterocycles. The SMILES string of the molecule is C=CCCC(=O)N(C)[C@H](C)[C@H](OC(=O)[C@H]1[C@@H]2O[C@@]3(CC2Br)[C@@H]1C(=O)N([C@@H](CO)[C@@H](C)CC)[C@@H]3C(=O)N(CC=C)C(C)(C)CC(C)(C)C)c1ccccc1. The standard InChI is InChI=1S/C42H62BrN3O7/c1-12-15-21-31(48)44(11)27(5)34(28-19-17-16-18-20-28)52-39(51)32-33-37(49)46(30(24-47)26(4)14-3)36(42(33)23-29(43)35(32)53-42)38(50)45(22-13-2)41(9,10)25-40(6,7)8/h12-13,16-20,26-27,29-30,32-36,47H,1-2,14-15,21-25H2,3-11H3/t26-,27+,29?,30-,32+,33-,34-,35+,36+,42-/m0/s1. The first-order valence-electron chi connectivity index (χ1n) is 19.1. The van der Waals surface area contributed by atoms with Crippen LogP contribution in [0.15, 0.2) is 55.6 Å². The fourth-order valence-corrected chi connectivity index (χ4v) is 10.2. The van der Waals surface area contributed by atoms with Gasteiger partial charge in [0.05, 0.1) is 36.6 Å². The molecule has 3 heterocycles. The maximum Gasteiger partial charge on any atom is 0.313 e. The molecule has 11 heteroatoms. The summed E-state index contributed by atoms with van der Waals surface area (Å²) in [7, 11) is 1.69. The maximum absolute atomic E-state index is 15.3. The number of likely N-dealkylation sites (N-methyl/N-ethyl adjacent to an activating group) is 1. The van der Waals surface area contributed by atoms with Crippen molar-refractivity contribution in [1.29, 1.82) is 0 Å². The lowest BCUT2D eigenvalue weighted by molar-refractivity contribution is -0.165. The van der Waals surface area contributed by atoms with Gasteiger partial charge >= 0.3 is 5.97 Å². The van der Waals surface area contributed by atoms with Crippen LogP contribution in [-0.2, 0) is 28.7 Å². The van der Waals surface area contributed by atoms with Crippen molar-refractivity contribution in [2.45, 2.75) is 134 Å². The van der Waals surface area contributed by atoms with Gasteiger partial charge in [0.25, 0.3) is 0 Å². The number of alkyl halides is 1. The van der Waals surface area contributed by atoms with Crippen LogP contribution in [0.4, 0.5) is 0 Å². The summed E-state index contributed by atoms with van der Waals surface area (Å²) in [4.78, 5) is 62.7. The number of aliphatic hydroxyl groups excluding tert-OH is 1. The Morgan fingerprint density at radius 2 is 1.77 bits per heavy atom. The topological polar surface area (TPSA) is 117 Å². The number of carbonyl (C=O) groups excluding carboxylic acids is 4. The second-order valence-corrected chi connectivity index (χ2v) is 18.3. The summed E-state index contributed by atoms with van der Waals surface area (Å²) in [6.07, 6.45) is 4.25. The highest BCUT2D eigenvalue weighted by Gasteiger charge is 2.78. The van der Waals surface area contributed by atoms with Crippen LogP contribution in [0.2, 0.25) is 0 Å². The number of allylic oxidation sites excluding steroid dienone is 1. The molecule has 10 nitrogen and oxygen atoms in total. The first kappa shape index (κ1) is 42.7. The highest BCUT2D eigenvalue weighted by Crippen LogP contribution is 2.61. The molecule has 53 heavy (non-hydrogen) atoms. The molecule has 0 saturated carbocycles. The minimum Gasteiger partial charge on any atom is -0.455 e. The number of hydrogen-bond acceptors (Lipinski definition) is 7. The van der Waals surface area contributed by atoms with E-state index >= 15 is 9.59 Å². The third kappa shape index (κ3) is 8.32. The van der Waals surface area contributed by atoms with Crippen LogP contribution < -0.4 is 0 Å². The van der Waals surface area contributed by atoms with E-state index in [0.29, 0.717) is 31.2 Å². The molecule has 0 radical (unpaired) electrons. The van der Waals surface area contributed by atoms with E-state index < -0.39 is 59.3 Å². The number of rotatable bonds is 17. The summed E-state index contributed by atoms with van der Waals surface area (Å²) in [6, 6.07) is 6.95. The van der Waals surface area contributed by atoms with Crippen molar-refractivity contribution >= 4 is 39.6 Å². The number of nitrogens with zero attached hydrogens (tertiary/aromatic N) is 3. The van der Waals surface area contributed by atoms with E-state index in [1.54, 1.807) is 33.9 Å². The molecule has 0 aromatic heterocycles. The number of ether oxygens (including phenoxy) is 2. The van der Waals surface area contributed by atoms with E-state index in [-0.39, 0.29) is 53.5 Å². The number of aliphatic hydroxyl groups is 1. The lowest BCUT2D eigenvalue weighted by Gasteiger charge is -2.47.